The Bertz CT molecular complexity index is 195. The Morgan fingerprint density at radius 2 is 2.21 bits per heavy atom. The number of ether oxygens (including phenoxy) is 1. The molecule has 0 aromatic rings. The third-order valence-corrected chi connectivity index (χ3v) is 2.55. The standard InChI is InChI=1S/C11H20O3/c1-3-4-7-14-10(12)11(2,13)8-9-5-6-9/h9,13H,3-8H2,1-2H3/t11-/m1/s1. The number of hydrogen-bond donors (Lipinski definition) is 1. The van der Waals surface area contributed by atoms with Crippen LogP contribution in [0.1, 0.15) is 46.0 Å². The van der Waals surface area contributed by atoms with Crippen LogP contribution >= 0.6 is 0 Å². The van der Waals surface area contributed by atoms with Crippen molar-refractivity contribution >= 4 is 5.97 Å². The molecule has 1 aliphatic rings. The fourth-order valence-corrected chi connectivity index (χ4v) is 1.43. The molecule has 0 aromatic carbocycles. The van der Waals surface area contributed by atoms with Gasteiger partial charge < -0.3 is 9.84 Å². The molecule has 0 aliphatic heterocycles. The van der Waals surface area contributed by atoms with Gasteiger partial charge in [0.25, 0.3) is 0 Å². The van der Waals surface area contributed by atoms with Gasteiger partial charge in [-0.15, -0.1) is 0 Å². The molecule has 3 nitrogen and oxygen atoms in total. The van der Waals surface area contributed by atoms with E-state index in [2.05, 4.69) is 0 Å². The highest BCUT2D eigenvalue weighted by atomic mass is 16.5. The summed E-state index contributed by atoms with van der Waals surface area (Å²) >= 11 is 0. The predicted octanol–water partition coefficient (Wildman–Crippen LogP) is 1.88. The molecule has 1 aliphatic carbocycles. The van der Waals surface area contributed by atoms with Crippen LogP contribution in [0.2, 0.25) is 0 Å². The summed E-state index contributed by atoms with van der Waals surface area (Å²) in [5.74, 6) is 0.0709. The summed E-state index contributed by atoms with van der Waals surface area (Å²) < 4.78 is 4.99. The van der Waals surface area contributed by atoms with Gasteiger partial charge in [-0.25, -0.2) is 4.79 Å². The highest BCUT2D eigenvalue weighted by molar-refractivity contribution is 5.78. The summed E-state index contributed by atoms with van der Waals surface area (Å²) in [6.45, 7) is 4.02. The average molecular weight is 200 g/mol. The minimum absolute atomic E-state index is 0.427. The van der Waals surface area contributed by atoms with Crippen LogP contribution in [0.15, 0.2) is 0 Å². The Hall–Kier alpha value is -0.570. The number of hydrogen-bond acceptors (Lipinski definition) is 3. The van der Waals surface area contributed by atoms with E-state index in [1.807, 2.05) is 6.92 Å². The summed E-state index contributed by atoms with van der Waals surface area (Å²) in [5.41, 5.74) is -1.27. The first-order chi connectivity index (χ1) is 6.56. The van der Waals surface area contributed by atoms with Crippen LogP contribution in [0.4, 0.5) is 0 Å². The van der Waals surface area contributed by atoms with Crippen molar-refractivity contribution in [2.45, 2.75) is 51.6 Å². The second-order valence-electron chi connectivity index (χ2n) is 4.41. The van der Waals surface area contributed by atoms with Crippen molar-refractivity contribution in [3.8, 4) is 0 Å². The zero-order chi connectivity index (χ0) is 10.6. The molecule has 1 fully saturated rings. The number of esters is 1. The van der Waals surface area contributed by atoms with Crippen LogP contribution < -0.4 is 0 Å². The second-order valence-corrected chi connectivity index (χ2v) is 4.41. The SMILES string of the molecule is CCCCOC(=O)[C@](C)(O)CC1CC1. The Morgan fingerprint density at radius 3 is 2.71 bits per heavy atom. The molecular weight excluding hydrogens is 180 g/mol. The van der Waals surface area contributed by atoms with E-state index in [0.717, 1.165) is 25.7 Å². The molecule has 0 radical (unpaired) electrons. The van der Waals surface area contributed by atoms with Gasteiger partial charge in [-0.05, 0) is 25.7 Å². The minimum atomic E-state index is -1.27. The lowest BCUT2D eigenvalue weighted by Gasteiger charge is -2.20. The van der Waals surface area contributed by atoms with Gasteiger partial charge in [-0.2, -0.15) is 0 Å². The van der Waals surface area contributed by atoms with Gasteiger partial charge in [0.05, 0.1) is 6.61 Å². The molecule has 0 bridgehead atoms. The highest BCUT2D eigenvalue weighted by Crippen LogP contribution is 2.37. The van der Waals surface area contributed by atoms with Crippen LogP contribution in [0.3, 0.4) is 0 Å². The van der Waals surface area contributed by atoms with Gasteiger partial charge >= 0.3 is 5.97 Å². The molecule has 1 N–H and O–H groups in total. The monoisotopic (exact) mass is 200 g/mol. The minimum Gasteiger partial charge on any atom is -0.464 e. The van der Waals surface area contributed by atoms with E-state index in [9.17, 15) is 9.90 Å². The lowest BCUT2D eigenvalue weighted by Crippen LogP contribution is -2.37. The normalized spacial score (nSPS) is 20.2. The molecular formula is C11H20O3. The molecule has 14 heavy (non-hydrogen) atoms. The van der Waals surface area contributed by atoms with Crippen molar-refractivity contribution in [2.75, 3.05) is 6.61 Å². The van der Waals surface area contributed by atoms with Crippen molar-refractivity contribution in [1.82, 2.24) is 0 Å². The molecule has 1 saturated carbocycles. The fraction of sp³-hybridized carbons (Fsp3) is 0.909. The molecule has 1 rings (SSSR count). The number of carbonyl (C=O) groups is 1. The van der Waals surface area contributed by atoms with Crippen LogP contribution in [0.5, 0.6) is 0 Å². The van der Waals surface area contributed by atoms with E-state index < -0.39 is 11.6 Å². The third-order valence-electron chi connectivity index (χ3n) is 2.55. The zero-order valence-electron chi connectivity index (χ0n) is 9.08. The maximum absolute atomic E-state index is 11.4. The Labute approximate surface area is 85.5 Å². The van der Waals surface area contributed by atoms with Crippen molar-refractivity contribution < 1.29 is 14.6 Å². The molecule has 1 atom stereocenters. The van der Waals surface area contributed by atoms with Gasteiger partial charge in [0, 0.05) is 0 Å². The van der Waals surface area contributed by atoms with E-state index >= 15 is 0 Å². The topological polar surface area (TPSA) is 46.5 Å². The maximum Gasteiger partial charge on any atom is 0.337 e. The first-order valence-electron chi connectivity index (χ1n) is 5.46. The van der Waals surface area contributed by atoms with Crippen molar-refractivity contribution in [2.24, 2.45) is 5.92 Å². The summed E-state index contributed by atoms with van der Waals surface area (Å²) in [5, 5.41) is 9.82. The summed E-state index contributed by atoms with van der Waals surface area (Å²) in [4.78, 5) is 11.4. The number of aliphatic hydroxyl groups is 1. The largest absolute Gasteiger partial charge is 0.464 e. The molecule has 0 unspecified atom stereocenters. The fourth-order valence-electron chi connectivity index (χ4n) is 1.43. The van der Waals surface area contributed by atoms with Crippen molar-refractivity contribution in [1.29, 1.82) is 0 Å². The van der Waals surface area contributed by atoms with Gasteiger partial charge in [-0.3, -0.25) is 0 Å². The molecule has 0 spiro atoms. The van der Waals surface area contributed by atoms with Crippen LogP contribution in [-0.4, -0.2) is 23.3 Å². The van der Waals surface area contributed by atoms with Gasteiger partial charge in [0.2, 0.25) is 0 Å². The first kappa shape index (κ1) is 11.5. The van der Waals surface area contributed by atoms with E-state index in [1.54, 1.807) is 6.92 Å². The highest BCUT2D eigenvalue weighted by Gasteiger charge is 2.38. The molecule has 0 heterocycles. The number of rotatable bonds is 6. The predicted molar refractivity (Wildman–Crippen MR) is 53.8 cm³/mol. The maximum atomic E-state index is 11.4. The number of carbonyl (C=O) groups excluding carboxylic acids is 1. The Kier molecular flexibility index (Phi) is 3.93. The first-order valence-corrected chi connectivity index (χ1v) is 5.46. The second kappa shape index (κ2) is 4.78. The van der Waals surface area contributed by atoms with Crippen LogP contribution in [0, 0.1) is 5.92 Å². The lowest BCUT2D eigenvalue weighted by molar-refractivity contribution is -0.164. The molecule has 0 amide bonds. The van der Waals surface area contributed by atoms with Gasteiger partial charge in [-0.1, -0.05) is 26.2 Å². The van der Waals surface area contributed by atoms with Crippen LogP contribution in [0.25, 0.3) is 0 Å². The summed E-state index contributed by atoms with van der Waals surface area (Å²) in [6, 6.07) is 0. The Balaban J connectivity index is 2.25. The van der Waals surface area contributed by atoms with Crippen molar-refractivity contribution in [3.63, 3.8) is 0 Å². The lowest BCUT2D eigenvalue weighted by atomic mass is 9.99. The Morgan fingerprint density at radius 1 is 1.57 bits per heavy atom. The van der Waals surface area contributed by atoms with E-state index in [4.69, 9.17) is 4.74 Å². The van der Waals surface area contributed by atoms with E-state index in [0.29, 0.717) is 18.9 Å². The van der Waals surface area contributed by atoms with Gasteiger partial charge in [0.15, 0.2) is 5.60 Å². The molecule has 3 heteroatoms. The van der Waals surface area contributed by atoms with Crippen molar-refractivity contribution in [3.05, 3.63) is 0 Å². The van der Waals surface area contributed by atoms with Gasteiger partial charge in [0.1, 0.15) is 0 Å². The smallest absolute Gasteiger partial charge is 0.337 e. The van der Waals surface area contributed by atoms with E-state index in [1.165, 1.54) is 0 Å². The zero-order valence-corrected chi connectivity index (χ0v) is 9.08. The molecule has 82 valence electrons. The van der Waals surface area contributed by atoms with E-state index in [-0.39, 0.29) is 0 Å². The quantitative estimate of drug-likeness (QED) is 0.526. The molecule has 0 aromatic heterocycles. The summed E-state index contributed by atoms with van der Waals surface area (Å²) in [6.07, 6.45) is 4.69. The third kappa shape index (κ3) is 3.66. The summed E-state index contributed by atoms with van der Waals surface area (Å²) in [7, 11) is 0. The average Bonchev–Trinajstić information content (AvgIpc) is 2.88. The van der Waals surface area contributed by atoms with Crippen LogP contribution in [-0.2, 0) is 9.53 Å². The molecule has 0 saturated heterocycles. The number of unbranched alkanes of at least 4 members (excludes halogenated alkanes) is 1.